The van der Waals surface area contributed by atoms with E-state index in [0.717, 1.165) is 0 Å². The van der Waals surface area contributed by atoms with Crippen LogP contribution in [0.4, 0.5) is 4.39 Å². The van der Waals surface area contributed by atoms with Crippen molar-refractivity contribution >= 4 is 17.6 Å². The van der Waals surface area contributed by atoms with Crippen LogP contribution in [0.3, 0.4) is 0 Å². The maximum absolute atomic E-state index is 13.3. The van der Waals surface area contributed by atoms with Gasteiger partial charge in [0, 0.05) is 18.5 Å². The topological polar surface area (TPSA) is 88.0 Å². The molecule has 0 fully saturated rings. The van der Waals surface area contributed by atoms with Crippen molar-refractivity contribution in [2.24, 2.45) is 5.16 Å². The van der Waals surface area contributed by atoms with Gasteiger partial charge < -0.3 is 15.3 Å². The van der Waals surface area contributed by atoms with Gasteiger partial charge in [-0.05, 0) is 6.07 Å². The van der Waals surface area contributed by atoms with Crippen molar-refractivity contribution in [3.05, 3.63) is 35.6 Å². The molecule has 0 saturated heterocycles. The molecule has 1 atom stereocenters. The summed E-state index contributed by atoms with van der Waals surface area (Å²) >= 11 is 0. The van der Waals surface area contributed by atoms with Gasteiger partial charge in [0.1, 0.15) is 5.82 Å². The van der Waals surface area contributed by atoms with Crippen molar-refractivity contribution in [2.45, 2.75) is 19.1 Å². The fourth-order valence-electron chi connectivity index (χ4n) is 1.58. The molecule has 7 heteroatoms. The zero-order valence-electron chi connectivity index (χ0n) is 9.80. The van der Waals surface area contributed by atoms with Crippen LogP contribution in [-0.4, -0.2) is 28.8 Å². The van der Waals surface area contributed by atoms with Gasteiger partial charge in [0.2, 0.25) is 6.10 Å². The number of carbonyl (C=O) groups excluding carboxylic acids is 1. The summed E-state index contributed by atoms with van der Waals surface area (Å²) < 4.78 is 13.3. The van der Waals surface area contributed by atoms with Gasteiger partial charge in [0.15, 0.2) is 5.71 Å². The lowest BCUT2D eigenvalue weighted by Gasteiger charge is -2.09. The van der Waals surface area contributed by atoms with E-state index in [1.807, 2.05) is 0 Å². The van der Waals surface area contributed by atoms with Crippen LogP contribution in [0.2, 0.25) is 0 Å². The number of hydrogen-bond donors (Lipinski definition) is 2. The van der Waals surface area contributed by atoms with E-state index in [1.54, 1.807) is 18.2 Å². The van der Waals surface area contributed by atoms with Crippen LogP contribution in [0.25, 0.3) is 0 Å². The minimum Gasteiger partial charge on any atom is -0.477 e. The van der Waals surface area contributed by atoms with E-state index in [4.69, 9.17) is 9.94 Å². The van der Waals surface area contributed by atoms with Crippen LogP contribution in [-0.2, 0) is 21.0 Å². The van der Waals surface area contributed by atoms with Crippen LogP contribution >= 0.6 is 0 Å². The van der Waals surface area contributed by atoms with Gasteiger partial charge in [-0.1, -0.05) is 23.4 Å². The van der Waals surface area contributed by atoms with Gasteiger partial charge in [-0.2, -0.15) is 0 Å². The first kappa shape index (κ1) is 13.0. The third-order valence-electron chi connectivity index (χ3n) is 2.62. The van der Waals surface area contributed by atoms with Crippen LogP contribution in [0.5, 0.6) is 0 Å². The summed E-state index contributed by atoms with van der Waals surface area (Å²) in [5, 5.41) is 14.4. The van der Waals surface area contributed by atoms with Crippen LogP contribution in [0.1, 0.15) is 12.0 Å². The normalized spacial score (nSPS) is 17.5. The average molecular weight is 266 g/mol. The van der Waals surface area contributed by atoms with Crippen molar-refractivity contribution < 1.29 is 23.9 Å². The second kappa shape index (κ2) is 5.47. The number of halogens is 1. The Bertz CT molecular complexity index is 544. The van der Waals surface area contributed by atoms with E-state index in [1.165, 1.54) is 6.07 Å². The van der Waals surface area contributed by atoms with Crippen LogP contribution in [0, 0.1) is 5.82 Å². The number of nitrogens with one attached hydrogen (secondary N) is 1. The van der Waals surface area contributed by atoms with Gasteiger partial charge in [-0.15, -0.1) is 0 Å². The Morgan fingerprint density at radius 3 is 2.84 bits per heavy atom. The number of carbonyl (C=O) groups is 2. The van der Waals surface area contributed by atoms with E-state index in [0.29, 0.717) is 5.56 Å². The van der Waals surface area contributed by atoms with Gasteiger partial charge in [-0.3, -0.25) is 4.79 Å². The molecule has 0 radical (unpaired) electrons. The molecule has 1 aromatic rings. The maximum Gasteiger partial charge on any atom is 0.353 e. The molecular weight excluding hydrogens is 255 g/mol. The number of benzene rings is 1. The second-order valence-electron chi connectivity index (χ2n) is 3.95. The van der Waals surface area contributed by atoms with Gasteiger partial charge in [-0.25, -0.2) is 9.18 Å². The van der Waals surface area contributed by atoms with Crippen molar-refractivity contribution in [1.29, 1.82) is 0 Å². The van der Waals surface area contributed by atoms with E-state index in [-0.39, 0.29) is 18.7 Å². The van der Waals surface area contributed by atoms with Crippen LogP contribution < -0.4 is 5.32 Å². The molecule has 100 valence electrons. The molecule has 0 saturated carbocycles. The van der Waals surface area contributed by atoms with E-state index in [2.05, 4.69) is 10.5 Å². The zero-order valence-corrected chi connectivity index (χ0v) is 9.80. The smallest absolute Gasteiger partial charge is 0.353 e. The molecule has 1 heterocycles. The molecule has 19 heavy (non-hydrogen) atoms. The summed E-state index contributed by atoms with van der Waals surface area (Å²) in [5.74, 6) is -2.16. The first-order valence-corrected chi connectivity index (χ1v) is 5.55. The highest BCUT2D eigenvalue weighted by molar-refractivity contribution is 6.36. The number of rotatable bonds is 4. The van der Waals surface area contributed by atoms with E-state index in [9.17, 15) is 14.0 Å². The van der Waals surface area contributed by atoms with E-state index >= 15 is 0 Å². The molecule has 1 aromatic carbocycles. The van der Waals surface area contributed by atoms with Gasteiger partial charge >= 0.3 is 5.97 Å². The van der Waals surface area contributed by atoms with Crippen molar-refractivity contribution in [1.82, 2.24) is 5.32 Å². The number of hydrogen-bond acceptors (Lipinski definition) is 4. The molecule has 1 unspecified atom stereocenters. The molecule has 6 nitrogen and oxygen atoms in total. The molecule has 1 aliphatic rings. The Morgan fingerprint density at radius 2 is 2.21 bits per heavy atom. The highest BCUT2D eigenvalue weighted by Gasteiger charge is 2.31. The predicted octanol–water partition coefficient (Wildman–Crippen LogP) is 0.671. The monoisotopic (exact) mass is 266 g/mol. The third kappa shape index (κ3) is 3.06. The molecule has 1 aliphatic heterocycles. The van der Waals surface area contributed by atoms with Gasteiger partial charge in [0.25, 0.3) is 5.91 Å². The fourth-order valence-corrected chi connectivity index (χ4v) is 1.58. The zero-order chi connectivity index (χ0) is 13.8. The minimum absolute atomic E-state index is 0.00771. The summed E-state index contributed by atoms with van der Waals surface area (Å²) in [4.78, 5) is 27.0. The van der Waals surface area contributed by atoms with E-state index < -0.39 is 23.8 Å². The molecule has 0 aromatic heterocycles. The highest BCUT2D eigenvalue weighted by Crippen LogP contribution is 2.11. The Hall–Kier alpha value is -2.44. The molecular formula is C12H11FN2O4. The Morgan fingerprint density at radius 1 is 1.47 bits per heavy atom. The predicted molar refractivity (Wildman–Crippen MR) is 62.8 cm³/mol. The number of carboxylic acid groups (broad SMARTS) is 1. The largest absolute Gasteiger partial charge is 0.477 e. The number of aliphatic carboxylic acids is 1. The first-order chi connectivity index (χ1) is 9.08. The molecule has 1 amide bonds. The third-order valence-corrected chi connectivity index (χ3v) is 2.62. The quantitative estimate of drug-likeness (QED) is 0.838. The highest BCUT2D eigenvalue weighted by atomic mass is 19.1. The fraction of sp³-hybridized carbons (Fsp3) is 0.250. The summed E-state index contributed by atoms with van der Waals surface area (Å²) in [6.45, 7) is 0.00771. The number of oxime groups is 1. The van der Waals surface area contributed by atoms with Gasteiger partial charge in [0.05, 0.1) is 0 Å². The molecule has 2 N–H and O–H groups in total. The summed E-state index contributed by atoms with van der Waals surface area (Å²) in [7, 11) is 0. The SMILES string of the molecule is O=C(O)C1=NOC(C(=O)NCc2ccccc2F)C1. The average Bonchev–Trinajstić information content (AvgIpc) is 2.87. The summed E-state index contributed by atoms with van der Waals surface area (Å²) in [6.07, 6.45) is -1.07. The second-order valence-corrected chi connectivity index (χ2v) is 3.95. The molecule has 0 spiro atoms. The summed E-state index contributed by atoms with van der Waals surface area (Å²) in [6, 6.07) is 6.04. The Kier molecular flexibility index (Phi) is 3.74. The van der Waals surface area contributed by atoms with Crippen molar-refractivity contribution in [2.75, 3.05) is 0 Å². The first-order valence-electron chi connectivity index (χ1n) is 5.55. The number of amides is 1. The lowest BCUT2D eigenvalue weighted by Crippen LogP contribution is -2.35. The number of carboxylic acids is 1. The van der Waals surface area contributed by atoms with Crippen molar-refractivity contribution in [3.8, 4) is 0 Å². The van der Waals surface area contributed by atoms with Crippen LogP contribution in [0.15, 0.2) is 29.4 Å². The standard InChI is InChI=1S/C12H11FN2O4/c13-8-4-2-1-3-7(8)6-14-11(16)10-5-9(12(17)18)15-19-10/h1-4,10H,5-6H2,(H,14,16)(H,17,18). The minimum atomic E-state index is -1.22. The lowest BCUT2D eigenvalue weighted by molar-refractivity contribution is -0.131. The van der Waals surface area contributed by atoms with Crippen molar-refractivity contribution in [3.63, 3.8) is 0 Å². The molecule has 0 bridgehead atoms. The molecule has 0 aliphatic carbocycles. The number of nitrogens with zero attached hydrogens (tertiary/aromatic N) is 1. The lowest BCUT2D eigenvalue weighted by atomic mass is 10.1. The maximum atomic E-state index is 13.3. The Labute approximate surface area is 107 Å². The summed E-state index contributed by atoms with van der Waals surface area (Å²) in [5.41, 5.74) is 0.138. The Balaban J connectivity index is 1.87. The molecule has 2 rings (SSSR count).